The molecular weight excluding hydrogens is 276 g/mol. The number of amides is 2. The van der Waals surface area contributed by atoms with Crippen molar-refractivity contribution in [1.29, 1.82) is 0 Å². The summed E-state index contributed by atoms with van der Waals surface area (Å²) in [5.74, 6) is 0.571. The molecular formula is C17H24N4O. The molecule has 0 aliphatic carbocycles. The third kappa shape index (κ3) is 5.60. The molecule has 0 saturated heterocycles. The summed E-state index contributed by atoms with van der Waals surface area (Å²) in [6.45, 7) is 3.57. The van der Waals surface area contributed by atoms with Crippen LogP contribution >= 0.6 is 0 Å². The number of carbonyl (C=O) groups is 1. The van der Waals surface area contributed by atoms with E-state index in [-0.39, 0.29) is 6.03 Å². The van der Waals surface area contributed by atoms with Crippen LogP contribution in [0.15, 0.2) is 42.6 Å². The lowest BCUT2D eigenvalue weighted by atomic mass is 10.2. The second kappa shape index (κ2) is 8.87. The van der Waals surface area contributed by atoms with E-state index in [0.717, 1.165) is 12.8 Å². The number of unbranched alkanes of at least 4 members (excludes halogenated alkanes) is 3. The van der Waals surface area contributed by atoms with Crippen LogP contribution in [0.2, 0.25) is 0 Å². The zero-order chi connectivity index (χ0) is 15.6. The third-order valence-electron chi connectivity index (χ3n) is 3.39. The number of urea groups is 1. The number of carbonyl (C=O) groups excluding carboxylic acids is 1. The van der Waals surface area contributed by atoms with Crippen molar-refractivity contribution < 1.29 is 4.79 Å². The Hall–Kier alpha value is -2.30. The third-order valence-corrected chi connectivity index (χ3v) is 3.39. The summed E-state index contributed by atoms with van der Waals surface area (Å²) < 4.78 is 1.81. The van der Waals surface area contributed by atoms with Gasteiger partial charge in [0.15, 0.2) is 5.82 Å². The molecule has 0 atom stereocenters. The van der Waals surface area contributed by atoms with Crippen molar-refractivity contribution in [1.82, 2.24) is 15.1 Å². The number of anilines is 1. The number of nitrogens with one attached hydrogen (secondary N) is 2. The Morgan fingerprint density at radius 2 is 1.95 bits per heavy atom. The first-order valence-electron chi connectivity index (χ1n) is 7.90. The Morgan fingerprint density at radius 1 is 1.14 bits per heavy atom. The maximum absolute atomic E-state index is 11.7. The SMILES string of the molecule is CCCCCCNC(=O)Nc1ccn(Cc2ccccc2)n1. The van der Waals surface area contributed by atoms with Crippen LogP contribution in [0.3, 0.4) is 0 Å². The van der Waals surface area contributed by atoms with Crippen LogP contribution in [0.25, 0.3) is 0 Å². The van der Waals surface area contributed by atoms with Gasteiger partial charge in [0.2, 0.25) is 0 Å². The number of nitrogens with zero attached hydrogens (tertiary/aromatic N) is 2. The predicted octanol–water partition coefficient (Wildman–Crippen LogP) is 3.63. The van der Waals surface area contributed by atoms with Crippen LogP contribution in [0.4, 0.5) is 10.6 Å². The van der Waals surface area contributed by atoms with Crippen molar-refractivity contribution in [3.8, 4) is 0 Å². The summed E-state index contributed by atoms with van der Waals surface area (Å²) in [6.07, 6.45) is 6.45. The van der Waals surface area contributed by atoms with E-state index >= 15 is 0 Å². The first-order valence-corrected chi connectivity index (χ1v) is 7.90. The van der Waals surface area contributed by atoms with Gasteiger partial charge in [0.25, 0.3) is 0 Å². The normalized spacial score (nSPS) is 10.4. The van der Waals surface area contributed by atoms with Gasteiger partial charge in [-0.3, -0.25) is 10.00 Å². The maximum Gasteiger partial charge on any atom is 0.320 e. The average molecular weight is 300 g/mol. The molecule has 0 unspecified atom stereocenters. The van der Waals surface area contributed by atoms with Crippen molar-refractivity contribution in [3.63, 3.8) is 0 Å². The Morgan fingerprint density at radius 3 is 2.73 bits per heavy atom. The van der Waals surface area contributed by atoms with E-state index in [1.54, 1.807) is 6.07 Å². The van der Waals surface area contributed by atoms with Gasteiger partial charge < -0.3 is 5.32 Å². The fourth-order valence-electron chi connectivity index (χ4n) is 2.20. The Labute approximate surface area is 131 Å². The summed E-state index contributed by atoms with van der Waals surface area (Å²) in [4.78, 5) is 11.7. The van der Waals surface area contributed by atoms with Gasteiger partial charge in [0.1, 0.15) is 0 Å². The van der Waals surface area contributed by atoms with Gasteiger partial charge >= 0.3 is 6.03 Å². The molecule has 0 spiro atoms. The smallest absolute Gasteiger partial charge is 0.320 e. The van der Waals surface area contributed by atoms with Gasteiger partial charge in [-0.1, -0.05) is 56.5 Å². The van der Waals surface area contributed by atoms with Gasteiger partial charge in [-0.15, -0.1) is 0 Å². The zero-order valence-corrected chi connectivity index (χ0v) is 13.1. The van der Waals surface area contributed by atoms with Gasteiger partial charge in [-0.2, -0.15) is 5.10 Å². The Bertz CT molecular complexity index is 565. The minimum Gasteiger partial charge on any atom is -0.338 e. The molecule has 1 aromatic carbocycles. The molecule has 0 radical (unpaired) electrons. The monoisotopic (exact) mass is 300 g/mol. The second-order valence-electron chi connectivity index (χ2n) is 5.33. The highest BCUT2D eigenvalue weighted by molar-refractivity contribution is 5.88. The minimum absolute atomic E-state index is 0.193. The lowest BCUT2D eigenvalue weighted by Crippen LogP contribution is -2.29. The molecule has 2 N–H and O–H groups in total. The summed E-state index contributed by atoms with van der Waals surface area (Å²) in [5.41, 5.74) is 1.18. The minimum atomic E-state index is -0.193. The highest BCUT2D eigenvalue weighted by Gasteiger charge is 2.04. The van der Waals surface area contributed by atoms with Crippen LogP contribution in [-0.4, -0.2) is 22.4 Å². The molecule has 0 bridgehead atoms. The lowest BCUT2D eigenvalue weighted by Gasteiger charge is -2.05. The number of benzene rings is 1. The number of hydrogen-bond acceptors (Lipinski definition) is 2. The fourth-order valence-corrected chi connectivity index (χ4v) is 2.20. The van der Waals surface area contributed by atoms with Crippen LogP contribution in [0.1, 0.15) is 38.2 Å². The van der Waals surface area contributed by atoms with Crippen LogP contribution in [0.5, 0.6) is 0 Å². The largest absolute Gasteiger partial charge is 0.338 e. The van der Waals surface area contributed by atoms with E-state index < -0.39 is 0 Å². The number of aromatic nitrogens is 2. The summed E-state index contributed by atoms with van der Waals surface area (Å²) in [6, 6.07) is 11.7. The first-order chi connectivity index (χ1) is 10.8. The molecule has 0 aliphatic heterocycles. The van der Waals surface area contributed by atoms with Crippen LogP contribution in [-0.2, 0) is 6.54 Å². The number of rotatable bonds is 8. The molecule has 5 heteroatoms. The lowest BCUT2D eigenvalue weighted by molar-refractivity contribution is 0.252. The van der Waals surface area contributed by atoms with E-state index in [1.807, 2.05) is 29.1 Å². The molecule has 0 aliphatic rings. The van der Waals surface area contributed by atoms with Gasteiger partial charge in [0.05, 0.1) is 6.54 Å². The summed E-state index contributed by atoms with van der Waals surface area (Å²) in [7, 11) is 0. The summed E-state index contributed by atoms with van der Waals surface area (Å²) >= 11 is 0. The van der Waals surface area contributed by atoms with Crippen molar-refractivity contribution >= 4 is 11.8 Å². The molecule has 0 fully saturated rings. The zero-order valence-electron chi connectivity index (χ0n) is 13.1. The predicted molar refractivity (Wildman–Crippen MR) is 88.9 cm³/mol. The highest BCUT2D eigenvalue weighted by atomic mass is 16.2. The van der Waals surface area contributed by atoms with Crippen LogP contribution in [0, 0.1) is 0 Å². The van der Waals surface area contributed by atoms with Crippen LogP contribution < -0.4 is 10.6 Å². The molecule has 5 nitrogen and oxygen atoms in total. The topological polar surface area (TPSA) is 59.0 Å². The molecule has 1 heterocycles. The van der Waals surface area contributed by atoms with Gasteiger partial charge in [0, 0.05) is 18.8 Å². The van der Waals surface area contributed by atoms with Crippen molar-refractivity contribution in [2.45, 2.75) is 39.2 Å². The van der Waals surface area contributed by atoms with Crippen molar-refractivity contribution in [2.24, 2.45) is 0 Å². The first kappa shape index (κ1) is 16.1. The van der Waals surface area contributed by atoms with Gasteiger partial charge in [-0.05, 0) is 12.0 Å². The maximum atomic E-state index is 11.7. The Kier molecular flexibility index (Phi) is 6.48. The number of hydrogen-bond donors (Lipinski definition) is 2. The quantitative estimate of drug-likeness (QED) is 0.731. The van der Waals surface area contributed by atoms with Crippen molar-refractivity contribution in [2.75, 3.05) is 11.9 Å². The standard InChI is InChI=1S/C17H24N4O/c1-2-3-4-8-12-18-17(22)19-16-11-13-21(20-16)14-15-9-6-5-7-10-15/h5-7,9-11,13H,2-4,8,12,14H2,1H3,(H2,18,19,20,22). The highest BCUT2D eigenvalue weighted by Crippen LogP contribution is 2.06. The summed E-state index contributed by atoms with van der Waals surface area (Å²) in [5, 5.41) is 9.95. The van der Waals surface area contributed by atoms with E-state index in [1.165, 1.54) is 18.4 Å². The molecule has 2 aromatic rings. The fraction of sp³-hybridized carbons (Fsp3) is 0.412. The molecule has 1 aromatic heterocycles. The molecule has 0 saturated carbocycles. The Balaban J connectivity index is 1.73. The van der Waals surface area contributed by atoms with E-state index in [2.05, 4.69) is 34.8 Å². The van der Waals surface area contributed by atoms with Crippen molar-refractivity contribution in [3.05, 3.63) is 48.2 Å². The molecule has 2 rings (SSSR count). The second-order valence-corrected chi connectivity index (χ2v) is 5.33. The van der Waals surface area contributed by atoms with E-state index in [0.29, 0.717) is 18.9 Å². The van der Waals surface area contributed by atoms with E-state index in [9.17, 15) is 4.79 Å². The van der Waals surface area contributed by atoms with Gasteiger partial charge in [-0.25, -0.2) is 4.79 Å². The molecule has 22 heavy (non-hydrogen) atoms. The average Bonchev–Trinajstić information content (AvgIpc) is 2.95. The molecule has 118 valence electrons. The van der Waals surface area contributed by atoms with E-state index in [4.69, 9.17) is 0 Å². The molecule has 2 amide bonds.